The van der Waals surface area contributed by atoms with Crippen molar-refractivity contribution < 1.29 is 19.7 Å². The SMILES string of the molecule is CCOC(=O)C(C)CCCC1C(CC)[C@@]2(C)CC[C@@H](O)C[C@H]2[C@@H](CC)[C@H]1O. The van der Waals surface area contributed by atoms with Crippen molar-refractivity contribution in [2.45, 2.75) is 98.2 Å². The largest absolute Gasteiger partial charge is 0.466 e. The summed E-state index contributed by atoms with van der Waals surface area (Å²) in [6.45, 7) is 11.1. The number of carbonyl (C=O) groups excluding carboxylic acids is 1. The maximum absolute atomic E-state index is 11.9. The van der Waals surface area contributed by atoms with Gasteiger partial charge in [-0.25, -0.2) is 0 Å². The van der Waals surface area contributed by atoms with Crippen LogP contribution in [-0.4, -0.2) is 35.0 Å². The Morgan fingerprint density at radius 2 is 1.89 bits per heavy atom. The van der Waals surface area contributed by atoms with Gasteiger partial charge in [0.25, 0.3) is 0 Å². The number of ether oxygens (including phenoxy) is 1. The average molecular weight is 383 g/mol. The first-order chi connectivity index (χ1) is 12.8. The topological polar surface area (TPSA) is 66.8 Å². The zero-order chi connectivity index (χ0) is 20.2. The first-order valence-electron chi connectivity index (χ1n) is 11.3. The number of hydrogen-bond acceptors (Lipinski definition) is 4. The Labute approximate surface area is 166 Å². The van der Waals surface area contributed by atoms with Gasteiger partial charge >= 0.3 is 5.97 Å². The molecule has 0 aromatic heterocycles. The smallest absolute Gasteiger partial charge is 0.308 e. The third-order valence-corrected chi connectivity index (χ3v) is 7.92. The predicted molar refractivity (Wildman–Crippen MR) is 108 cm³/mol. The third kappa shape index (κ3) is 4.70. The van der Waals surface area contributed by atoms with Crippen LogP contribution >= 0.6 is 0 Å². The van der Waals surface area contributed by atoms with E-state index in [0.717, 1.165) is 51.4 Å². The Hall–Kier alpha value is -0.610. The second kappa shape index (κ2) is 9.73. The molecule has 0 aromatic carbocycles. The van der Waals surface area contributed by atoms with Crippen LogP contribution in [0.25, 0.3) is 0 Å². The van der Waals surface area contributed by atoms with Crippen LogP contribution in [0.15, 0.2) is 0 Å². The molecule has 0 radical (unpaired) electrons. The number of fused-ring (bicyclic) bond motifs is 1. The van der Waals surface area contributed by atoms with Crippen molar-refractivity contribution in [2.75, 3.05) is 6.61 Å². The molecular formula is C23H42O4. The van der Waals surface area contributed by atoms with Crippen molar-refractivity contribution in [3.63, 3.8) is 0 Å². The molecule has 3 unspecified atom stereocenters. The van der Waals surface area contributed by atoms with Crippen LogP contribution in [0, 0.1) is 35.0 Å². The molecule has 2 saturated carbocycles. The Morgan fingerprint density at radius 1 is 1.19 bits per heavy atom. The number of carbonyl (C=O) groups is 1. The Bertz CT molecular complexity index is 479. The van der Waals surface area contributed by atoms with Crippen LogP contribution in [0.4, 0.5) is 0 Å². The van der Waals surface area contributed by atoms with Gasteiger partial charge in [-0.15, -0.1) is 0 Å². The van der Waals surface area contributed by atoms with Gasteiger partial charge in [-0.2, -0.15) is 0 Å². The van der Waals surface area contributed by atoms with E-state index in [0.29, 0.717) is 24.4 Å². The monoisotopic (exact) mass is 382 g/mol. The van der Waals surface area contributed by atoms with Gasteiger partial charge in [0.2, 0.25) is 0 Å². The van der Waals surface area contributed by atoms with E-state index in [4.69, 9.17) is 4.74 Å². The molecule has 4 heteroatoms. The number of aliphatic hydroxyl groups excluding tert-OH is 2. The van der Waals surface area contributed by atoms with E-state index in [1.165, 1.54) is 0 Å². The molecular weight excluding hydrogens is 340 g/mol. The minimum atomic E-state index is -0.291. The van der Waals surface area contributed by atoms with Gasteiger partial charge in [0.05, 0.1) is 24.7 Å². The van der Waals surface area contributed by atoms with Crippen LogP contribution in [0.5, 0.6) is 0 Å². The van der Waals surface area contributed by atoms with Gasteiger partial charge < -0.3 is 14.9 Å². The molecule has 0 aromatic rings. The van der Waals surface area contributed by atoms with Gasteiger partial charge in [-0.3, -0.25) is 4.79 Å². The molecule has 0 amide bonds. The molecule has 2 aliphatic rings. The highest BCUT2D eigenvalue weighted by Crippen LogP contribution is 2.59. The summed E-state index contributed by atoms with van der Waals surface area (Å²) in [7, 11) is 0. The highest BCUT2D eigenvalue weighted by Gasteiger charge is 2.56. The molecule has 2 N–H and O–H groups in total. The van der Waals surface area contributed by atoms with E-state index < -0.39 is 0 Å². The molecule has 0 aliphatic heterocycles. The first-order valence-corrected chi connectivity index (χ1v) is 11.3. The van der Waals surface area contributed by atoms with Gasteiger partial charge in [0, 0.05) is 0 Å². The zero-order valence-electron chi connectivity index (χ0n) is 18.1. The number of hydrogen-bond donors (Lipinski definition) is 2. The van der Waals surface area contributed by atoms with Crippen LogP contribution < -0.4 is 0 Å². The van der Waals surface area contributed by atoms with Crippen molar-refractivity contribution in [1.82, 2.24) is 0 Å². The molecule has 0 heterocycles. The van der Waals surface area contributed by atoms with E-state index in [2.05, 4.69) is 20.8 Å². The van der Waals surface area contributed by atoms with E-state index in [1.807, 2.05) is 13.8 Å². The third-order valence-electron chi connectivity index (χ3n) is 7.92. The molecule has 4 nitrogen and oxygen atoms in total. The molecule has 158 valence electrons. The van der Waals surface area contributed by atoms with E-state index in [9.17, 15) is 15.0 Å². The van der Waals surface area contributed by atoms with Crippen molar-refractivity contribution in [1.29, 1.82) is 0 Å². The van der Waals surface area contributed by atoms with Crippen LogP contribution in [0.3, 0.4) is 0 Å². The second-order valence-corrected chi connectivity index (χ2v) is 9.37. The van der Waals surface area contributed by atoms with Crippen molar-refractivity contribution in [2.24, 2.45) is 35.0 Å². The summed E-state index contributed by atoms with van der Waals surface area (Å²) in [5.41, 5.74) is 0.214. The predicted octanol–water partition coefficient (Wildman–Crippen LogP) is 4.57. The molecule has 8 atom stereocenters. The summed E-state index contributed by atoms with van der Waals surface area (Å²) >= 11 is 0. The maximum atomic E-state index is 11.9. The summed E-state index contributed by atoms with van der Waals surface area (Å²) in [5.74, 6) is 1.31. The van der Waals surface area contributed by atoms with Crippen LogP contribution in [-0.2, 0) is 9.53 Å². The minimum absolute atomic E-state index is 0.0686. The molecule has 27 heavy (non-hydrogen) atoms. The van der Waals surface area contributed by atoms with Gasteiger partial charge in [0.15, 0.2) is 0 Å². The van der Waals surface area contributed by atoms with Crippen molar-refractivity contribution in [3.05, 3.63) is 0 Å². The van der Waals surface area contributed by atoms with Crippen molar-refractivity contribution in [3.8, 4) is 0 Å². The fraction of sp³-hybridized carbons (Fsp3) is 0.957. The van der Waals surface area contributed by atoms with Crippen molar-refractivity contribution >= 4 is 5.97 Å². The van der Waals surface area contributed by atoms with E-state index >= 15 is 0 Å². The van der Waals surface area contributed by atoms with Gasteiger partial charge in [0.1, 0.15) is 0 Å². The summed E-state index contributed by atoms with van der Waals surface area (Å²) in [5, 5.41) is 21.5. The second-order valence-electron chi connectivity index (χ2n) is 9.37. The van der Waals surface area contributed by atoms with E-state index in [1.54, 1.807) is 0 Å². The normalized spacial score (nSPS) is 40.3. The Balaban J connectivity index is 2.09. The lowest BCUT2D eigenvalue weighted by molar-refractivity contribution is -0.162. The standard InChI is InChI=1S/C23H42O4/c1-6-17-20-14-16(24)12-13-23(20,5)19(7-2)18(21(17)25)11-9-10-15(4)22(26)27-8-3/h15-21,24-25H,6-14H2,1-5H3/t15?,16-,17-,18?,19?,20+,21-,23-/m1/s1. The van der Waals surface area contributed by atoms with Crippen LogP contribution in [0.1, 0.15) is 86.0 Å². The molecule has 0 saturated heterocycles. The number of esters is 1. The maximum Gasteiger partial charge on any atom is 0.308 e. The lowest BCUT2D eigenvalue weighted by atomic mass is 9.47. The van der Waals surface area contributed by atoms with E-state index in [-0.39, 0.29) is 35.4 Å². The van der Waals surface area contributed by atoms with Gasteiger partial charge in [-0.05, 0) is 68.1 Å². The van der Waals surface area contributed by atoms with Crippen LogP contribution in [0.2, 0.25) is 0 Å². The Kier molecular flexibility index (Phi) is 8.18. The average Bonchev–Trinajstić information content (AvgIpc) is 2.63. The molecule has 2 rings (SSSR count). The molecule has 0 bridgehead atoms. The van der Waals surface area contributed by atoms with Gasteiger partial charge in [-0.1, -0.05) is 47.0 Å². The Morgan fingerprint density at radius 3 is 2.48 bits per heavy atom. The number of aliphatic hydroxyl groups is 2. The lowest BCUT2D eigenvalue weighted by Crippen LogP contribution is -2.57. The zero-order valence-corrected chi connectivity index (χ0v) is 18.1. The first kappa shape index (κ1) is 22.7. The summed E-state index contributed by atoms with van der Waals surface area (Å²) in [4.78, 5) is 11.9. The molecule has 2 aliphatic carbocycles. The molecule has 0 spiro atoms. The lowest BCUT2D eigenvalue weighted by Gasteiger charge is -2.59. The minimum Gasteiger partial charge on any atom is -0.466 e. The molecule has 2 fully saturated rings. The fourth-order valence-corrected chi connectivity index (χ4v) is 6.48. The highest BCUT2D eigenvalue weighted by molar-refractivity contribution is 5.71. The highest BCUT2D eigenvalue weighted by atomic mass is 16.5. The number of rotatable bonds is 8. The summed E-state index contributed by atoms with van der Waals surface area (Å²) in [6.07, 6.45) is 7.12. The quantitative estimate of drug-likeness (QED) is 0.604. The fourth-order valence-electron chi connectivity index (χ4n) is 6.48. The summed E-state index contributed by atoms with van der Waals surface area (Å²) < 4.78 is 5.13. The summed E-state index contributed by atoms with van der Waals surface area (Å²) in [6, 6.07) is 0.